The van der Waals surface area contributed by atoms with Crippen LogP contribution in [0.3, 0.4) is 0 Å². The molecule has 1 N–H and O–H groups in total. The molecule has 20 heavy (non-hydrogen) atoms. The van der Waals surface area contributed by atoms with Gasteiger partial charge < -0.3 is 0 Å². The van der Waals surface area contributed by atoms with Crippen molar-refractivity contribution >= 4 is 10.0 Å². The predicted octanol–water partition coefficient (Wildman–Crippen LogP) is 3.03. The summed E-state index contributed by atoms with van der Waals surface area (Å²) < 4.78 is 27.9. The lowest BCUT2D eigenvalue weighted by Crippen LogP contribution is -2.33. The van der Waals surface area contributed by atoms with Gasteiger partial charge in [-0.2, -0.15) is 0 Å². The van der Waals surface area contributed by atoms with Crippen LogP contribution in [-0.4, -0.2) is 14.5 Å². The van der Waals surface area contributed by atoms with E-state index in [9.17, 15) is 8.42 Å². The Balaban J connectivity index is 1.79. The van der Waals surface area contributed by atoms with E-state index in [0.717, 1.165) is 38.5 Å². The van der Waals surface area contributed by atoms with Gasteiger partial charge in [-0.05, 0) is 67.2 Å². The highest BCUT2D eigenvalue weighted by molar-refractivity contribution is 7.89. The van der Waals surface area contributed by atoms with Crippen LogP contribution in [0.4, 0.5) is 0 Å². The van der Waals surface area contributed by atoms with Crippen LogP contribution >= 0.6 is 0 Å². The van der Waals surface area contributed by atoms with Crippen LogP contribution in [0, 0.1) is 5.41 Å². The fraction of sp³-hybridized carbons (Fsp3) is 0.625. The Morgan fingerprint density at radius 1 is 1.20 bits per heavy atom. The van der Waals surface area contributed by atoms with Crippen LogP contribution in [0.1, 0.15) is 50.7 Å². The van der Waals surface area contributed by atoms with Crippen molar-refractivity contribution in [2.24, 2.45) is 5.41 Å². The van der Waals surface area contributed by atoms with Crippen molar-refractivity contribution in [3.05, 3.63) is 29.3 Å². The number of hydrogen-bond donors (Lipinski definition) is 1. The summed E-state index contributed by atoms with van der Waals surface area (Å²) in [4.78, 5) is 0.433. The smallest absolute Gasteiger partial charge is 0.208 e. The van der Waals surface area contributed by atoms with Crippen LogP contribution < -0.4 is 4.72 Å². The summed E-state index contributed by atoms with van der Waals surface area (Å²) in [6.45, 7) is 4.41. The van der Waals surface area contributed by atoms with Gasteiger partial charge in [-0.1, -0.05) is 19.9 Å². The van der Waals surface area contributed by atoms with Crippen LogP contribution in [0.25, 0.3) is 0 Å². The molecule has 1 aromatic carbocycles. The molecule has 110 valence electrons. The first-order valence-corrected chi connectivity index (χ1v) is 8.98. The molecule has 4 heteroatoms. The standard InChI is InChI=1S/C16H23NO2S/c1-16(2)9-8-14(11-16)17-20(18,19)15-7-6-12-4-3-5-13(12)10-15/h6-7,10,14,17H,3-5,8-9,11H2,1-2H3. The summed E-state index contributed by atoms with van der Waals surface area (Å²) in [5.74, 6) is 0. The van der Waals surface area contributed by atoms with Gasteiger partial charge in [-0.15, -0.1) is 0 Å². The largest absolute Gasteiger partial charge is 0.240 e. The van der Waals surface area contributed by atoms with E-state index in [2.05, 4.69) is 18.6 Å². The van der Waals surface area contributed by atoms with E-state index < -0.39 is 10.0 Å². The van der Waals surface area contributed by atoms with Crippen molar-refractivity contribution in [3.8, 4) is 0 Å². The van der Waals surface area contributed by atoms with E-state index in [4.69, 9.17) is 0 Å². The molecule has 2 aliphatic carbocycles. The van der Waals surface area contributed by atoms with Crippen LogP contribution in [-0.2, 0) is 22.9 Å². The maximum absolute atomic E-state index is 12.5. The summed E-state index contributed by atoms with van der Waals surface area (Å²) in [5, 5.41) is 0. The predicted molar refractivity (Wildman–Crippen MR) is 80.2 cm³/mol. The average Bonchev–Trinajstić information content (AvgIpc) is 2.94. The van der Waals surface area contributed by atoms with Gasteiger partial charge in [0.1, 0.15) is 0 Å². The first kappa shape index (κ1) is 14.1. The zero-order valence-electron chi connectivity index (χ0n) is 12.3. The fourth-order valence-corrected chi connectivity index (χ4v) is 4.86. The van der Waals surface area contributed by atoms with E-state index in [1.165, 1.54) is 11.1 Å². The van der Waals surface area contributed by atoms with Crippen molar-refractivity contribution in [2.45, 2.75) is 63.3 Å². The summed E-state index contributed by atoms with van der Waals surface area (Å²) in [7, 11) is -3.37. The highest BCUT2D eigenvalue weighted by Crippen LogP contribution is 2.37. The van der Waals surface area contributed by atoms with Crippen molar-refractivity contribution in [2.75, 3.05) is 0 Å². The molecule has 1 atom stereocenters. The van der Waals surface area contributed by atoms with Crippen LogP contribution in [0.5, 0.6) is 0 Å². The third-order valence-electron chi connectivity index (χ3n) is 4.67. The topological polar surface area (TPSA) is 46.2 Å². The second-order valence-corrected chi connectivity index (χ2v) is 8.72. The molecule has 0 spiro atoms. The third kappa shape index (κ3) is 2.77. The number of aryl methyl sites for hydroxylation is 2. The average molecular weight is 293 g/mol. The fourth-order valence-electron chi connectivity index (χ4n) is 3.54. The molecule has 0 aliphatic heterocycles. The van der Waals surface area contributed by atoms with Gasteiger partial charge >= 0.3 is 0 Å². The molecular formula is C16H23NO2S. The van der Waals surface area contributed by atoms with E-state index in [-0.39, 0.29) is 11.5 Å². The summed E-state index contributed by atoms with van der Waals surface area (Å²) in [6, 6.07) is 5.69. The van der Waals surface area contributed by atoms with E-state index in [1.54, 1.807) is 6.07 Å². The Morgan fingerprint density at radius 3 is 2.65 bits per heavy atom. The minimum absolute atomic E-state index is 0.0863. The highest BCUT2D eigenvalue weighted by Gasteiger charge is 2.33. The van der Waals surface area contributed by atoms with Crippen molar-refractivity contribution in [1.82, 2.24) is 4.72 Å². The molecule has 0 amide bonds. The summed E-state index contributed by atoms with van der Waals surface area (Å²) >= 11 is 0. The Labute approximate surface area is 121 Å². The third-order valence-corrected chi connectivity index (χ3v) is 6.19. The summed E-state index contributed by atoms with van der Waals surface area (Å²) in [6.07, 6.45) is 6.19. The highest BCUT2D eigenvalue weighted by atomic mass is 32.2. The zero-order chi connectivity index (χ0) is 14.4. The zero-order valence-corrected chi connectivity index (χ0v) is 13.1. The number of fused-ring (bicyclic) bond motifs is 1. The molecule has 1 fully saturated rings. The number of hydrogen-bond acceptors (Lipinski definition) is 2. The molecule has 1 aromatic rings. The molecule has 0 radical (unpaired) electrons. The van der Waals surface area contributed by atoms with Crippen LogP contribution in [0.15, 0.2) is 23.1 Å². The molecule has 0 bridgehead atoms. The molecule has 1 unspecified atom stereocenters. The number of benzene rings is 1. The van der Waals surface area contributed by atoms with Gasteiger partial charge in [0.15, 0.2) is 0 Å². The monoisotopic (exact) mass is 293 g/mol. The first-order chi connectivity index (χ1) is 9.36. The van der Waals surface area contributed by atoms with Crippen molar-refractivity contribution in [1.29, 1.82) is 0 Å². The minimum atomic E-state index is -3.37. The molecule has 0 saturated heterocycles. The van der Waals surface area contributed by atoms with Crippen LogP contribution in [0.2, 0.25) is 0 Å². The Bertz CT molecular complexity index is 619. The van der Waals surface area contributed by atoms with Gasteiger partial charge in [-0.25, -0.2) is 13.1 Å². The van der Waals surface area contributed by atoms with E-state index in [0.29, 0.717) is 4.90 Å². The van der Waals surface area contributed by atoms with Gasteiger partial charge in [0.05, 0.1) is 4.90 Å². The van der Waals surface area contributed by atoms with E-state index in [1.807, 2.05) is 12.1 Å². The lowest BCUT2D eigenvalue weighted by Gasteiger charge is -2.18. The van der Waals surface area contributed by atoms with E-state index >= 15 is 0 Å². The number of rotatable bonds is 3. The quantitative estimate of drug-likeness (QED) is 0.931. The van der Waals surface area contributed by atoms with Crippen molar-refractivity contribution < 1.29 is 8.42 Å². The van der Waals surface area contributed by atoms with Crippen molar-refractivity contribution in [3.63, 3.8) is 0 Å². The van der Waals surface area contributed by atoms with Gasteiger partial charge in [0.25, 0.3) is 0 Å². The molecule has 3 rings (SSSR count). The second-order valence-electron chi connectivity index (χ2n) is 7.01. The normalized spacial score (nSPS) is 24.8. The Morgan fingerprint density at radius 2 is 1.95 bits per heavy atom. The van der Waals surface area contributed by atoms with Gasteiger partial charge in [-0.3, -0.25) is 0 Å². The molecule has 3 nitrogen and oxygen atoms in total. The summed E-state index contributed by atoms with van der Waals surface area (Å²) in [5.41, 5.74) is 2.77. The first-order valence-electron chi connectivity index (χ1n) is 7.50. The molecular weight excluding hydrogens is 270 g/mol. The maximum atomic E-state index is 12.5. The SMILES string of the molecule is CC1(C)CCC(NS(=O)(=O)c2ccc3c(c2)CCC3)C1. The maximum Gasteiger partial charge on any atom is 0.240 e. The second kappa shape index (κ2) is 4.85. The minimum Gasteiger partial charge on any atom is -0.208 e. The molecule has 0 aromatic heterocycles. The van der Waals surface area contributed by atoms with Gasteiger partial charge in [0.2, 0.25) is 10.0 Å². The molecule has 1 saturated carbocycles. The molecule has 0 heterocycles. The number of sulfonamides is 1. The number of nitrogens with one attached hydrogen (secondary N) is 1. The molecule has 2 aliphatic rings. The lowest BCUT2D eigenvalue weighted by molar-refractivity contribution is 0.372. The van der Waals surface area contributed by atoms with Gasteiger partial charge in [0, 0.05) is 6.04 Å². The lowest BCUT2D eigenvalue weighted by atomic mass is 9.92. The Kier molecular flexibility index (Phi) is 3.41. The Hall–Kier alpha value is -0.870.